The van der Waals surface area contributed by atoms with Gasteiger partial charge in [-0.05, 0) is 56.9 Å². The lowest BCUT2D eigenvalue weighted by Gasteiger charge is -2.18. The molecule has 10 nitrogen and oxygen atoms in total. The van der Waals surface area contributed by atoms with Gasteiger partial charge in [0.15, 0.2) is 0 Å². The Bertz CT molecular complexity index is 1810. The summed E-state index contributed by atoms with van der Waals surface area (Å²) >= 11 is 0. The second-order valence-electron chi connectivity index (χ2n) is 11.0. The minimum absolute atomic E-state index is 0.00332. The Morgan fingerprint density at radius 2 is 1.86 bits per heavy atom. The highest BCUT2D eigenvalue weighted by Gasteiger charge is 2.28. The predicted molar refractivity (Wildman–Crippen MR) is 172 cm³/mol. The van der Waals surface area contributed by atoms with Gasteiger partial charge < -0.3 is 20.4 Å². The van der Waals surface area contributed by atoms with Gasteiger partial charge in [0.2, 0.25) is 11.9 Å². The van der Waals surface area contributed by atoms with Crippen molar-refractivity contribution in [1.29, 1.82) is 0 Å². The molecule has 2 aromatic carbocycles. The van der Waals surface area contributed by atoms with Gasteiger partial charge in [-0.2, -0.15) is 5.10 Å². The van der Waals surface area contributed by atoms with E-state index in [1.807, 2.05) is 89.2 Å². The molecule has 1 atom stereocenters. The molecule has 0 saturated carbocycles. The lowest BCUT2D eigenvalue weighted by atomic mass is 10.0. The Morgan fingerprint density at radius 3 is 2.70 bits per heavy atom. The fourth-order valence-electron chi connectivity index (χ4n) is 5.33. The first kappa shape index (κ1) is 28.8. The number of carbonyl (C=O) groups excluding carboxylic acids is 2. The zero-order valence-electron chi connectivity index (χ0n) is 24.7. The van der Waals surface area contributed by atoms with Crippen LogP contribution < -0.4 is 10.6 Å². The molecule has 0 radical (unpaired) electrons. The molecule has 1 saturated heterocycles. The number of likely N-dealkylation sites (tertiary alicyclic amines) is 1. The number of likely N-dealkylation sites (N-methyl/N-ethyl adjacent to an activating group) is 1. The number of pyridine rings is 1. The number of nitrogens with zero attached hydrogens (tertiary/aromatic N) is 6. The summed E-state index contributed by atoms with van der Waals surface area (Å²) in [6, 6.07) is 25.0. The van der Waals surface area contributed by atoms with Crippen molar-refractivity contribution >= 4 is 29.0 Å². The fraction of sp³-hybridized carbons (Fsp3) is 0.206. The fourth-order valence-corrected chi connectivity index (χ4v) is 5.33. The average molecular weight is 587 g/mol. The van der Waals surface area contributed by atoms with E-state index >= 15 is 0 Å². The van der Waals surface area contributed by atoms with Crippen LogP contribution in [0.2, 0.25) is 0 Å². The minimum Gasteiger partial charge on any atom is -0.350 e. The first-order chi connectivity index (χ1) is 21.4. The van der Waals surface area contributed by atoms with Gasteiger partial charge in [-0.15, -0.1) is 0 Å². The highest BCUT2D eigenvalue weighted by atomic mass is 16.2. The molecule has 6 rings (SSSR count). The molecule has 1 aliphatic rings. The van der Waals surface area contributed by atoms with Crippen LogP contribution in [0.3, 0.4) is 0 Å². The number of anilines is 2. The number of amides is 2. The number of aromatic nitrogens is 4. The van der Waals surface area contributed by atoms with Gasteiger partial charge in [-0.1, -0.05) is 48.5 Å². The first-order valence-electron chi connectivity index (χ1n) is 14.6. The van der Waals surface area contributed by atoms with E-state index in [1.54, 1.807) is 36.5 Å². The molecule has 0 unspecified atom stereocenters. The molecule has 2 N–H and O–H groups in total. The summed E-state index contributed by atoms with van der Waals surface area (Å²) in [5.41, 5.74) is 5.62. The molecule has 1 aliphatic heterocycles. The summed E-state index contributed by atoms with van der Waals surface area (Å²) in [5, 5.41) is 11.1. The van der Waals surface area contributed by atoms with E-state index in [9.17, 15) is 9.59 Å². The van der Waals surface area contributed by atoms with Gasteiger partial charge >= 0.3 is 0 Å². The quantitative estimate of drug-likeness (QED) is 0.238. The van der Waals surface area contributed by atoms with Crippen LogP contribution in [-0.4, -0.2) is 81.0 Å². The minimum atomic E-state index is -0.232. The highest BCUT2D eigenvalue weighted by Crippen LogP contribution is 2.34. The molecule has 0 aliphatic carbocycles. The molecule has 0 spiro atoms. The van der Waals surface area contributed by atoms with E-state index in [0.29, 0.717) is 36.8 Å². The van der Waals surface area contributed by atoms with Crippen molar-refractivity contribution in [3.63, 3.8) is 0 Å². The number of benzene rings is 2. The van der Waals surface area contributed by atoms with E-state index in [-0.39, 0.29) is 17.9 Å². The van der Waals surface area contributed by atoms with Crippen molar-refractivity contribution in [2.45, 2.75) is 12.5 Å². The number of carbonyl (C=O) groups is 2. The third-order valence-corrected chi connectivity index (χ3v) is 7.42. The zero-order chi connectivity index (χ0) is 30.5. The van der Waals surface area contributed by atoms with Crippen molar-refractivity contribution in [2.24, 2.45) is 0 Å². The van der Waals surface area contributed by atoms with Gasteiger partial charge in [0, 0.05) is 61.0 Å². The Morgan fingerprint density at radius 1 is 1.02 bits per heavy atom. The van der Waals surface area contributed by atoms with Crippen LogP contribution in [0, 0.1) is 0 Å². The SMILES string of the molecule is CN(C)C/C=C/C(=O)Nc1cccc(C(=O)N2CC[C@H](Nc3nccc(-c4c(-c5ccccc5)nn5ccccc45)n3)C2)c1. The van der Waals surface area contributed by atoms with Crippen LogP contribution in [0.5, 0.6) is 0 Å². The van der Waals surface area contributed by atoms with Crippen LogP contribution in [0.15, 0.2) is 103 Å². The Kier molecular flexibility index (Phi) is 8.42. The molecular weight excluding hydrogens is 552 g/mol. The molecule has 222 valence electrons. The van der Waals surface area contributed by atoms with E-state index in [0.717, 1.165) is 34.5 Å². The normalized spacial score (nSPS) is 14.9. The molecule has 44 heavy (non-hydrogen) atoms. The average Bonchev–Trinajstić information content (AvgIpc) is 3.66. The molecule has 3 aromatic heterocycles. The van der Waals surface area contributed by atoms with Crippen molar-refractivity contribution in [2.75, 3.05) is 44.4 Å². The number of hydrogen-bond donors (Lipinski definition) is 2. The van der Waals surface area contributed by atoms with E-state index in [4.69, 9.17) is 10.1 Å². The number of nitrogens with one attached hydrogen (secondary N) is 2. The summed E-state index contributed by atoms with van der Waals surface area (Å²) in [4.78, 5) is 38.8. The molecule has 2 amide bonds. The van der Waals surface area contributed by atoms with Gasteiger partial charge in [0.05, 0.1) is 16.8 Å². The van der Waals surface area contributed by atoms with Crippen molar-refractivity contribution < 1.29 is 9.59 Å². The predicted octanol–water partition coefficient (Wildman–Crippen LogP) is 4.84. The number of fused-ring (bicyclic) bond motifs is 1. The summed E-state index contributed by atoms with van der Waals surface area (Å²) in [6.07, 6.45) is 7.74. The van der Waals surface area contributed by atoms with Gasteiger partial charge in [-0.3, -0.25) is 9.59 Å². The Hall–Kier alpha value is -5.35. The van der Waals surface area contributed by atoms with Crippen LogP contribution >= 0.6 is 0 Å². The van der Waals surface area contributed by atoms with Crippen molar-refractivity contribution in [3.8, 4) is 22.5 Å². The topological polar surface area (TPSA) is 108 Å². The maximum absolute atomic E-state index is 13.4. The monoisotopic (exact) mass is 586 g/mol. The van der Waals surface area contributed by atoms with E-state index in [2.05, 4.69) is 15.6 Å². The molecule has 1 fully saturated rings. The maximum atomic E-state index is 13.4. The zero-order valence-corrected chi connectivity index (χ0v) is 24.7. The second-order valence-corrected chi connectivity index (χ2v) is 11.0. The smallest absolute Gasteiger partial charge is 0.254 e. The summed E-state index contributed by atoms with van der Waals surface area (Å²) in [5.74, 6) is 0.189. The lowest BCUT2D eigenvalue weighted by Crippen LogP contribution is -2.32. The summed E-state index contributed by atoms with van der Waals surface area (Å²) in [7, 11) is 3.87. The first-order valence-corrected chi connectivity index (χ1v) is 14.6. The van der Waals surface area contributed by atoms with Gasteiger partial charge in [0.1, 0.15) is 5.69 Å². The molecule has 4 heterocycles. The molecule has 0 bridgehead atoms. The third-order valence-electron chi connectivity index (χ3n) is 7.42. The highest BCUT2D eigenvalue weighted by molar-refractivity contribution is 6.01. The largest absolute Gasteiger partial charge is 0.350 e. The maximum Gasteiger partial charge on any atom is 0.254 e. The standard InChI is InChI=1S/C34H34N8O2/c1-40(2)19-9-15-30(43)36-26-13-8-12-25(22-26)33(44)41-21-17-27(23-41)37-34-35-18-16-28(38-34)31-29-14-6-7-20-42(29)39-32(31)24-10-4-3-5-11-24/h3-16,18,20,22,27H,17,19,21,23H2,1-2H3,(H,36,43)(H,35,37,38)/b15-9+/t27-/m0/s1. The second kappa shape index (κ2) is 12.9. The van der Waals surface area contributed by atoms with Gasteiger partial charge in [-0.25, -0.2) is 14.5 Å². The van der Waals surface area contributed by atoms with Gasteiger partial charge in [0.25, 0.3) is 5.91 Å². The van der Waals surface area contributed by atoms with E-state index in [1.165, 1.54) is 6.08 Å². The number of hydrogen-bond acceptors (Lipinski definition) is 7. The Balaban J connectivity index is 1.15. The lowest BCUT2D eigenvalue weighted by molar-refractivity contribution is -0.111. The summed E-state index contributed by atoms with van der Waals surface area (Å²) < 4.78 is 1.87. The molecular formula is C34H34N8O2. The van der Waals surface area contributed by atoms with Crippen molar-refractivity contribution in [3.05, 3.63) is 109 Å². The Labute approximate surface area is 256 Å². The van der Waals surface area contributed by atoms with Crippen LogP contribution in [0.25, 0.3) is 28.0 Å². The van der Waals surface area contributed by atoms with Crippen LogP contribution in [-0.2, 0) is 4.79 Å². The number of rotatable bonds is 9. The third kappa shape index (κ3) is 6.50. The molecule has 5 aromatic rings. The summed E-state index contributed by atoms with van der Waals surface area (Å²) in [6.45, 7) is 1.79. The van der Waals surface area contributed by atoms with Crippen molar-refractivity contribution in [1.82, 2.24) is 29.4 Å². The molecule has 10 heteroatoms. The van der Waals surface area contributed by atoms with E-state index < -0.39 is 0 Å². The van der Waals surface area contributed by atoms with Crippen LogP contribution in [0.4, 0.5) is 11.6 Å². The van der Waals surface area contributed by atoms with Crippen LogP contribution in [0.1, 0.15) is 16.8 Å².